The van der Waals surface area contributed by atoms with Gasteiger partial charge in [-0.3, -0.25) is 0 Å². The Morgan fingerprint density at radius 2 is 1.65 bits per heavy atom. The van der Waals surface area contributed by atoms with Crippen LogP contribution in [0.5, 0.6) is 5.75 Å². The van der Waals surface area contributed by atoms with Crippen molar-refractivity contribution in [2.45, 2.75) is 79.3 Å². The number of nitrogens with zero attached hydrogens (tertiary/aromatic N) is 1. The van der Waals surface area contributed by atoms with E-state index in [1.165, 1.54) is 27.6 Å². The highest BCUT2D eigenvalue weighted by Gasteiger charge is 2.41. The van der Waals surface area contributed by atoms with E-state index in [0.29, 0.717) is 12.5 Å². The van der Waals surface area contributed by atoms with E-state index in [-0.39, 0.29) is 10.8 Å². The van der Waals surface area contributed by atoms with Crippen LogP contribution in [0.1, 0.15) is 66.5 Å². The fourth-order valence-corrected chi connectivity index (χ4v) is 8.45. The molecule has 1 unspecified atom stereocenters. The monoisotopic (exact) mass is 439 g/mol. The van der Waals surface area contributed by atoms with Gasteiger partial charge in [0.2, 0.25) is 0 Å². The van der Waals surface area contributed by atoms with Gasteiger partial charge in [0, 0.05) is 19.8 Å². The van der Waals surface area contributed by atoms with Crippen molar-refractivity contribution in [2.75, 3.05) is 20.7 Å². The van der Waals surface area contributed by atoms with Gasteiger partial charge in [-0.15, -0.1) is 0 Å². The summed E-state index contributed by atoms with van der Waals surface area (Å²) in [6.07, 6.45) is 4.24. The Balaban J connectivity index is 2.93. The lowest BCUT2D eigenvalue weighted by atomic mass is 9.80. The molecule has 1 aromatic rings. The van der Waals surface area contributed by atoms with Crippen molar-refractivity contribution in [3.63, 3.8) is 0 Å². The number of likely N-dealkylation sites (N-methyl/N-ethyl adjacent to an activating group) is 1. The van der Waals surface area contributed by atoms with Gasteiger partial charge in [0.15, 0.2) is 0 Å². The molecular formula is C28H45NOSi. The molecule has 0 amide bonds. The lowest BCUT2D eigenvalue weighted by Crippen LogP contribution is -2.48. The molecule has 1 aliphatic carbocycles. The first-order valence-electron chi connectivity index (χ1n) is 11.6. The van der Waals surface area contributed by atoms with Gasteiger partial charge in [0.1, 0.15) is 20.4 Å². The smallest absolute Gasteiger partial charge is 0.123 e. The number of hydrogen-bond donors (Lipinski definition) is 0. The number of rotatable bonds is 6. The van der Waals surface area contributed by atoms with Crippen LogP contribution in [0.25, 0.3) is 0 Å². The summed E-state index contributed by atoms with van der Waals surface area (Å²) in [5.41, 5.74) is 5.60. The molecule has 1 atom stereocenters. The Bertz CT molecular complexity index is 904. The number of ether oxygens (including phenoxy) is 1. The van der Waals surface area contributed by atoms with Gasteiger partial charge in [-0.25, -0.2) is 0 Å². The van der Waals surface area contributed by atoms with Crippen LogP contribution in [0, 0.1) is 5.92 Å². The summed E-state index contributed by atoms with van der Waals surface area (Å²) in [5, 5.41) is 3.01. The van der Waals surface area contributed by atoms with Crippen LogP contribution in [-0.4, -0.2) is 33.7 Å². The van der Waals surface area contributed by atoms with Crippen LogP contribution in [-0.2, 0) is 10.8 Å². The van der Waals surface area contributed by atoms with Crippen LogP contribution in [0.15, 0.2) is 47.3 Å². The minimum Gasteiger partial charge on any atom is -0.489 e. The normalized spacial score (nSPS) is 17.7. The van der Waals surface area contributed by atoms with E-state index in [2.05, 4.69) is 112 Å². The quantitative estimate of drug-likeness (QED) is 0.361. The molecule has 2 nitrogen and oxygen atoms in total. The molecule has 1 aromatic carbocycles. The molecule has 0 radical (unpaired) electrons. The molecule has 0 saturated carbocycles. The van der Waals surface area contributed by atoms with E-state index >= 15 is 0 Å². The van der Waals surface area contributed by atoms with Crippen LogP contribution >= 0.6 is 0 Å². The molecule has 0 heterocycles. The average molecular weight is 440 g/mol. The fraction of sp³-hybridized carbons (Fsp3) is 0.571. The van der Waals surface area contributed by atoms with Gasteiger partial charge in [0.05, 0.1) is 0 Å². The minimum absolute atomic E-state index is 0.00872. The topological polar surface area (TPSA) is 12.5 Å². The third kappa shape index (κ3) is 5.03. The van der Waals surface area contributed by atoms with Crippen LogP contribution in [0.4, 0.5) is 0 Å². The molecule has 3 heteroatoms. The van der Waals surface area contributed by atoms with Gasteiger partial charge in [-0.1, -0.05) is 91.9 Å². The molecule has 31 heavy (non-hydrogen) atoms. The van der Waals surface area contributed by atoms with Crippen molar-refractivity contribution in [1.29, 1.82) is 0 Å². The lowest BCUT2D eigenvalue weighted by molar-refractivity contribution is 0.353. The lowest BCUT2D eigenvalue weighted by Gasteiger charge is -2.37. The first-order chi connectivity index (χ1) is 14.0. The summed E-state index contributed by atoms with van der Waals surface area (Å²) >= 11 is 0. The van der Waals surface area contributed by atoms with Gasteiger partial charge in [-0.2, -0.15) is 0 Å². The largest absolute Gasteiger partial charge is 0.489 e. The Kier molecular flexibility index (Phi) is 7.12. The highest BCUT2D eigenvalue weighted by atomic mass is 28.3. The predicted octanol–water partition coefficient (Wildman–Crippen LogP) is 6.71. The first kappa shape index (κ1) is 25.5. The molecular weight excluding hydrogens is 394 g/mol. The molecule has 0 aromatic heterocycles. The van der Waals surface area contributed by atoms with Crippen LogP contribution in [0.2, 0.25) is 13.1 Å². The van der Waals surface area contributed by atoms with Crippen LogP contribution < -0.4 is 9.92 Å². The maximum atomic E-state index is 6.48. The molecule has 1 aliphatic rings. The van der Waals surface area contributed by atoms with E-state index in [1.807, 2.05) is 6.08 Å². The van der Waals surface area contributed by atoms with Crippen molar-refractivity contribution >= 4 is 13.3 Å². The Morgan fingerprint density at radius 1 is 1.06 bits per heavy atom. The van der Waals surface area contributed by atoms with E-state index in [0.717, 1.165) is 5.75 Å². The summed E-state index contributed by atoms with van der Waals surface area (Å²) in [6, 6.07) is 4.84. The van der Waals surface area contributed by atoms with Crippen molar-refractivity contribution in [3.8, 4) is 5.75 Å². The van der Waals surface area contributed by atoms with Gasteiger partial charge < -0.3 is 9.64 Å². The number of allylic oxidation sites excluding steroid dienone is 3. The standard InChI is InChI=1S/C28H45NOSi/c1-14-15-30-25-22(28(7,8)9)17-21(27(4,5)6)18-24(25)31(12,13)26-20(3)19(2)16-23(26)29(10)11/h14,16-18,20H,1,15H2,2-13H3. The molecule has 172 valence electrons. The summed E-state index contributed by atoms with van der Waals surface area (Å²) < 4.78 is 6.48. The van der Waals surface area contributed by atoms with Crippen molar-refractivity contribution in [1.82, 2.24) is 4.90 Å². The van der Waals surface area contributed by atoms with Crippen LogP contribution in [0.3, 0.4) is 0 Å². The first-order valence-corrected chi connectivity index (χ1v) is 14.6. The van der Waals surface area contributed by atoms with Gasteiger partial charge in [-0.05, 0) is 51.3 Å². The zero-order chi connectivity index (χ0) is 23.9. The molecule has 0 fully saturated rings. The fourth-order valence-electron chi connectivity index (χ4n) is 4.63. The SMILES string of the molecule is C=CCOc1c(C(C)(C)C)cc(C(C)(C)C)cc1[Si](C)(C)C1=C(N(C)C)C=C(C)C1C. The Hall–Kier alpha value is -1.74. The second-order valence-corrected chi connectivity index (χ2v) is 16.3. The second kappa shape index (κ2) is 8.65. The highest BCUT2D eigenvalue weighted by Crippen LogP contribution is 2.42. The van der Waals surface area contributed by atoms with Crippen molar-refractivity contribution in [2.24, 2.45) is 5.92 Å². The summed E-state index contributed by atoms with van der Waals surface area (Å²) in [4.78, 5) is 2.29. The highest BCUT2D eigenvalue weighted by molar-refractivity contribution is 6.96. The molecule has 0 aliphatic heterocycles. The van der Waals surface area contributed by atoms with Crippen molar-refractivity contribution in [3.05, 3.63) is 58.5 Å². The zero-order valence-electron chi connectivity index (χ0n) is 22.2. The maximum absolute atomic E-state index is 6.48. The molecule has 0 spiro atoms. The number of benzene rings is 1. The predicted molar refractivity (Wildman–Crippen MR) is 140 cm³/mol. The Labute approximate surface area is 193 Å². The van der Waals surface area contributed by atoms with Gasteiger partial charge in [0.25, 0.3) is 0 Å². The van der Waals surface area contributed by atoms with E-state index in [1.54, 1.807) is 5.20 Å². The number of hydrogen-bond acceptors (Lipinski definition) is 2. The average Bonchev–Trinajstić information content (AvgIpc) is 2.93. The summed E-state index contributed by atoms with van der Waals surface area (Å²) in [7, 11) is 2.27. The second-order valence-electron chi connectivity index (χ2n) is 11.9. The van der Waals surface area contributed by atoms with E-state index in [9.17, 15) is 0 Å². The third-order valence-corrected chi connectivity index (χ3v) is 10.4. The molecule has 0 bridgehead atoms. The van der Waals surface area contributed by atoms with Crippen molar-refractivity contribution < 1.29 is 4.74 Å². The maximum Gasteiger partial charge on any atom is 0.123 e. The van der Waals surface area contributed by atoms with E-state index in [4.69, 9.17) is 4.74 Å². The molecule has 0 saturated heterocycles. The minimum atomic E-state index is -2.07. The molecule has 0 N–H and O–H groups in total. The molecule has 2 rings (SSSR count). The summed E-state index contributed by atoms with van der Waals surface area (Å²) in [5.74, 6) is 1.54. The Morgan fingerprint density at radius 3 is 2.10 bits per heavy atom. The zero-order valence-corrected chi connectivity index (χ0v) is 23.2. The van der Waals surface area contributed by atoms with Gasteiger partial charge >= 0.3 is 0 Å². The summed E-state index contributed by atoms with van der Waals surface area (Å²) in [6.45, 7) is 27.9. The third-order valence-electron chi connectivity index (χ3n) is 6.69. The van der Waals surface area contributed by atoms with E-state index < -0.39 is 8.07 Å².